The molecule has 2 heterocycles. The number of ether oxygens (including phenoxy) is 1. The Morgan fingerprint density at radius 2 is 2.14 bits per heavy atom. The summed E-state index contributed by atoms with van der Waals surface area (Å²) in [6.45, 7) is 2.26. The number of nitrogens with one attached hydrogen (secondary N) is 1. The van der Waals surface area contributed by atoms with Gasteiger partial charge in [0.25, 0.3) is 0 Å². The second-order valence-electron chi connectivity index (χ2n) is 7.66. The van der Waals surface area contributed by atoms with E-state index in [2.05, 4.69) is 10.3 Å². The predicted molar refractivity (Wildman–Crippen MR) is 113 cm³/mol. The van der Waals surface area contributed by atoms with Crippen molar-refractivity contribution in [1.82, 2.24) is 9.97 Å². The van der Waals surface area contributed by atoms with Crippen LogP contribution in [0.25, 0.3) is 16.6 Å². The van der Waals surface area contributed by atoms with Crippen LogP contribution < -0.4 is 16.8 Å². The van der Waals surface area contributed by atoms with E-state index in [9.17, 15) is 0 Å². The molecular formula is C21H28N6O. The highest BCUT2D eigenvalue weighted by Gasteiger charge is 2.27. The predicted octanol–water partition coefficient (Wildman–Crippen LogP) is 2.33. The van der Waals surface area contributed by atoms with Crippen molar-refractivity contribution in [3.05, 3.63) is 36.3 Å². The molecule has 7 heteroatoms. The number of nitrogens with zero attached hydrogens (tertiary/aromatic N) is 3. The van der Waals surface area contributed by atoms with Crippen molar-refractivity contribution in [3.63, 3.8) is 0 Å². The minimum absolute atomic E-state index is 0.372. The number of rotatable bonds is 8. The molecule has 0 atom stereocenters. The second-order valence-corrected chi connectivity index (χ2v) is 7.66. The SMILES string of the molecule is NC=C(C=NC1CC(CCCN)C1)c1cnc2ccc(NC3COC3)cc2n1. The van der Waals surface area contributed by atoms with Crippen molar-refractivity contribution in [1.29, 1.82) is 0 Å². The maximum absolute atomic E-state index is 5.85. The normalized spacial score (nSPS) is 23.0. The third kappa shape index (κ3) is 4.31. The van der Waals surface area contributed by atoms with E-state index in [-0.39, 0.29) is 0 Å². The summed E-state index contributed by atoms with van der Waals surface area (Å²) >= 11 is 0. The van der Waals surface area contributed by atoms with Gasteiger partial charge in [-0.25, -0.2) is 4.98 Å². The van der Waals surface area contributed by atoms with Crippen LogP contribution in [0.1, 0.15) is 31.4 Å². The van der Waals surface area contributed by atoms with Gasteiger partial charge in [-0.05, 0) is 56.3 Å². The van der Waals surface area contributed by atoms with Crippen LogP contribution in [0.2, 0.25) is 0 Å². The average molecular weight is 380 g/mol. The Bertz CT molecular complexity index is 870. The highest BCUT2D eigenvalue weighted by molar-refractivity contribution is 6.09. The first-order chi connectivity index (χ1) is 13.7. The Balaban J connectivity index is 1.43. The fourth-order valence-corrected chi connectivity index (χ4v) is 3.64. The second kappa shape index (κ2) is 8.67. The minimum Gasteiger partial charge on any atom is -0.404 e. The number of nitrogens with two attached hydrogens (primary N) is 2. The molecule has 28 heavy (non-hydrogen) atoms. The smallest absolute Gasteiger partial charge is 0.0922 e. The highest BCUT2D eigenvalue weighted by atomic mass is 16.5. The molecule has 1 aromatic carbocycles. The monoisotopic (exact) mass is 380 g/mol. The maximum atomic E-state index is 5.85. The Morgan fingerprint density at radius 1 is 1.29 bits per heavy atom. The van der Waals surface area contributed by atoms with E-state index < -0.39 is 0 Å². The van der Waals surface area contributed by atoms with Crippen molar-refractivity contribution < 1.29 is 4.74 Å². The van der Waals surface area contributed by atoms with Crippen molar-refractivity contribution in [2.45, 2.75) is 37.8 Å². The van der Waals surface area contributed by atoms with Gasteiger partial charge in [-0.1, -0.05) is 0 Å². The lowest BCUT2D eigenvalue weighted by Gasteiger charge is -2.32. The van der Waals surface area contributed by atoms with E-state index in [4.69, 9.17) is 26.2 Å². The number of hydrogen-bond acceptors (Lipinski definition) is 7. The molecule has 148 valence electrons. The summed E-state index contributed by atoms with van der Waals surface area (Å²) < 4.78 is 5.21. The lowest BCUT2D eigenvalue weighted by atomic mass is 9.78. The summed E-state index contributed by atoms with van der Waals surface area (Å²) in [4.78, 5) is 14.0. The molecule has 2 aliphatic rings. The molecule has 1 aliphatic heterocycles. The molecule has 0 bridgehead atoms. The number of allylic oxidation sites excluding steroid dienone is 1. The highest BCUT2D eigenvalue weighted by Crippen LogP contribution is 2.33. The van der Waals surface area contributed by atoms with E-state index >= 15 is 0 Å². The van der Waals surface area contributed by atoms with Crippen molar-refractivity contribution in [2.24, 2.45) is 22.4 Å². The standard InChI is InChI=1S/C21H28N6O/c22-5-1-2-14-6-17(7-14)24-10-15(9-23)21-11-25-19-4-3-16(8-20(19)27-21)26-18-12-28-13-18/h3-4,8-11,14,17-18,26H,1-2,5-7,12-13,22-23H2. The van der Waals surface area contributed by atoms with Gasteiger partial charge in [0.2, 0.25) is 0 Å². The Kier molecular flexibility index (Phi) is 5.83. The van der Waals surface area contributed by atoms with Crippen LogP contribution in [0.5, 0.6) is 0 Å². The van der Waals surface area contributed by atoms with Crippen molar-refractivity contribution in [3.8, 4) is 0 Å². The molecule has 0 amide bonds. The fraction of sp³-hybridized carbons (Fsp3) is 0.476. The molecule has 2 fully saturated rings. The summed E-state index contributed by atoms with van der Waals surface area (Å²) in [6.07, 6.45) is 9.74. The van der Waals surface area contributed by atoms with E-state index in [0.29, 0.717) is 12.1 Å². The zero-order valence-corrected chi connectivity index (χ0v) is 16.1. The lowest BCUT2D eigenvalue weighted by molar-refractivity contribution is 0.0211. The summed E-state index contributed by atoms with van der Waals surface area (Å²) in [5.74, 6) is 0.767. The third-order valence-corrected chi connectivity index (χ3v) is 5.48. The molecule has 0 spiro atoms. The molecule has 0 unspecified atom stereocenters. The number of fused-ring (bicyclic) bond motifs is 1. The van der Waals surface area contributed by atoms with Gasteiger partial charge in [0.05, 0.1) is 48.2 Å². The van der Waals surface area contributed by atoms with Crippen molar-refractivity contribution in [2.75, 3.05) is 25.1 Å². The van der Waals surface area contributed by atoms with Gasteiger partial charge in [-0.2, -0.15) is 0 Å². The number of aliphatic imine (C=N–C) groups is 1. The van der Waals surface area contributed by atoms with Crippen LogP contribution in [-0.2, 0) is 4.74 Å². The van der Waals surface area contributed by atoms with E-state index in [1.165, 1.54) is 6.42 Å². The van der Waals surface area contributed by atoms with Gasteiger partial charge in [0.15, 0.2) is 0 Å². The molecule has 5 N–H and O–H groups in total. The van der Waals surface area contributed by atoms with E-state index in [1.807, 2.05) is 24.4 Å². The van der Waals surface area contributed by atoms with Crippen LogP contribution in [0.15, 0.2) is 35.6 Å². The van der Waals surface area contributed by atoms with Gasteiger partial charge < -0.3 is 21.5 Å². The van der Waals surface area contributed by atoms with Gasteiger partial charge in [-0.15, -0.1) is 0 Å². The van der Waals surface area contributed by atoms with Gasteiger partial charge in [-0.3, -0.25) is 9.98 Å². The maximum Gasteiger partial charge on any atom is 0.0922 e. The van der Waals surface area contributed by atoms with Gasteiger partial charge in [0, 0.05) is 23.7 Å². The summed E-state index contributed by atoms with van der Waals surface area (Å²) in [5, 5.41) is 3.44. The van der Waals surface area contributed by atoms with Crippen LogP contribution in [0, 0.1) is 5.92 Å². The molecule has 7 nitrogen and oxygen atoms in total. The van der Waals surface area contributed by atoms with Crippen molar-refractivity contribution >= 4 is 28.5 Å². The first kappa shape index (κ1) is 18.8. The summed E-state index contributed by atoms with van der Waals surface area (Å²) in [6, 6.07) is 6.77. The topological polar surface area (TPSA) is 111 Å². The van der Waals surface area contributed by atoms with Crippen LogP contribution in [-0.4, -0.2) is 48.0 Å². The summed E-state index contributed by atoms with van der Waals surface area (Å²) in [7, 11) is 0. The molecule has 1 saturated carbocycles. The molecule has 2 aromatic rings. The third-order valence-electron chi connectivity index (χ3n) is 5.48. The van der Waals surface area contributed by atoms with E-state index in [0.717, 1.165) is 72.9 Å². The van der Waals surface area contributed by atoms with Gasteiger partial charge >= 0.3 is 0 Å². The molecular weight excluding hydrogens is 352 g/mol. The Hall–Kier alpha value is -2.51. The van der Waals surface area contributed by atoms with E-state index in [1.54, 1.807) is 12.4 Å². The largest absolute Gasteiger partial charge is 0.404 e. The van der Waals surface area contributed by atoms with Crippen LogP contribution in [0.3, 0.4) is 0 Å². The minimum atomic E-state index is 0.372. The number of hydrogen-bond donors (Lipinski definition) is 3. The number of benzene rings is 1. The Labute approximate surface area is 165 Å². The summed E-state index contributed by atoms with van der Waals surface area (Å²) in [5.41, 5.74) is 15.7. The molecule has 4 rings (SSSR count). The zero-order valence-electron chi connectivity index (χ0n) is 16.1. The molecule has 0 radical (unpaired) electrons. The van der Waals surface area contributed by atoms with Crippen LogP contribution >= 0.6 is 0 Å². The fourth-order valence-electron chi connectivity index (χ4n) is 3.64. The molecule has 1 aliphatic carbocycles. The van der Waals surface area contributed by atoms with Gasteiger partial charge in [0.1, 0.15) is 0 Å². The molecule has 1 aromatic heterocycles. The first-order valence-electron chi connectivity index (χ1n) is 10.0. The Morgan fingerprint density at radius 3 is 2.86 bits per heavy atom. The quantitative estimate of drug-likeness (QED) is 0.606. The first-order valence-corrected chi connectivity index (χ1v) is 10.0. The number of anilines is 1. The average Bonchev–Trinajstić information content (AvgIpc) is 2.65. The van der Waals surface area contributed by atoms with Crippen LogP contribution in [0.4, 0.5) is 5.69 Å². The molecule has 1 saturated heterocycles. The lowest BCUT2D eigenvalue weighted by Crippen LogP contribution is -2.40. The number of aromatic nitrogens is 2. The zero-order chi connectivity index (χ0) is 19.3.